The summed E-state index contributed by atoms with van der Waals surface area (Å²) in [4.78, 5) is 15.7. The Balaban J connectivity index is 1.39. The smallest absolute Gasteiger partial charge is 0.221 e. The Bertz CT molecular complexity index is 727. The van der Waals surface area contributed by atoms with Gasteiger partial charge in [0.15, 0.2) is 0 Å². The summed E-state index contributed by atoms with van der Waals surface area (Å²) in [5, 5.41) is 3.04. The molecule has 3 rings (SSSR count). The maximum absolute atomic E-state index is 12.1. The number of carbonyl (C=O) groups is 1. The highest BCUT2D eigenvalue weighted by Gasteiger charge is 2.11. The third kappa shape index (κ3) is 7.01. The van der Waals surface area contributed by atoms with Gasteiger partial charge in [0.25, 0.3) is 0 Å². The molecular weight excluding hydrogens is 356 g/mol. The molecule has 5 heteroatoms. The van der Waals surface area contributed by atoms with Crippen molar-refractivity contribution >= 4 is 17.7 Å². The first kappa shape index (κ1) is 19.9. The molecule has 4 nitrogen and oxygen atoms in total. The van der Waals surface area contributed by atoms with Crippen LogP contribution in [0, 0.1) is 6.92 Å². The molecule has 2 aromatic rings. The molecule has 0 unspecified atom stereocenters. The van der Waals surface area contributed by atoms with Crippen LogP contribution in [0.5, 0.6) is 0 Å². The van der Waals surface area contributed by atoms with Gasteiger partial charge in [-0.3, -0.25) is 9.69 Å². The average Bonchev–Trinajstić information content (AvgIpc) is 2.69. The van der Waals surface area contributed by atoms with Gasteiger partial charge >= 0.3 is 0 Å². The van der Waals surface area contributed by atoms with Crippen molar-refractivity contribution in [2.24, 2.45) is 0 Å². The van der Waals surface area contributed by atoms with E-state index in [9.17, 15) is 4.79 Å². The number of carbonyl (C=O) groups excluding carboxylic acids is 1. The highest BCUT2D eigenvalue weighted by atomic mass is 32.2. The van der Waals surface area contributed by atoms with Crippen LogP contribution in [-0.4, -0.2) is 42.9 Å². The van der Waals surface area contributed by atoms with Gasteiger partial charge in [0.1, 0.15) is 0 Å². The number of hydrogen-bond donors (Lipinski definition) is 1. The number of thioether (sulfide) groups is 1. The van der Waals surface area contributed by atoms with Crippen molar-refractivity contribution in [3.63, 3.8) is 0 Å². The van der Waals surface area contributed by atoms with Crippen LogP contribution in [0.2, 0.25) is 0 Å². The number of nitrogens with one attached hydrogen (secondary N) is 1. The fourth-order valence-corrected chi connectivity index (χ4v) is 3.89. The molecular formula is C22H28N2O2S. The monoisotopic (exact) mass is 384 g/mol. The van der Waals surface area contributed by atoms with Gasteiger partial charge in [0.2, 0.25) is 5.91 Å². The Kier molecular flexibility index (Phi) is 7.75. The summed E-state index contributed by atoms with van der Waals surface area (Å²) in [5.41, 5.74) is 3.70. The molecule has 0 spiro atoms. The summed E-state index contributed by atoms with van der Waals surface area (Å²) in [6.07, 6.45) is 0.534. The van der Waals surface area contributed by atoms with Crippen LogP contribution in [0.4, 0.5) is 0 Å². The van der Waals surface area contributed by atoms with E-state index in [2.05, 4.69) is 65.7 Å². The van der Waals surface area contributed by atoms with Gasteiger partial charge in [-0.25, -0.2) is 0 Å². The van der Waals surface area contributed by atoms with E-state index in [1.165, 1.54) is 16.0 Å². The van der Waals surface area contributed by atoms with Crippen molar-refractivity contribution in [2.45, 2.75) is 31.3 Å². The second kappa shape index (κ2) is 10.5. The molecule has 1 aliphatic heterocycles. The highest BCUT2D eigenvalue weighted by molar-refractivity contribution is 7.99. The molecule has 27 heavy (non-hydrogen) atoms. The van der Waals surface area contributed by atoms with Crippen LogP contribution >= 0.6 is 11.8 Å². The SMILES string of the molecule is Cc1ccc(SCCC(=O)NCc2cccc(CN3CCOCC3)c2)cc1. The largest absolute Gasteiger partial charge is 0.379 e. The van der Waals surface area contributed by atoms with E-state index >= 15 is 0 Å². The van der Waals surface area contributed by atoms with Crippen molar-refractivity contribution in [3.05, 3.63) is 65.2 Å². The minimum atomic E-state index is 0.105. The average molecular weight is 385 g/mol. The number of nitrogens with zero attached hydrogens (tertiary/aromatic N) is 1. The summed E-state index contributed by atoms with van der Waals surface area (Å²) in [6.45, 7) is 7.22. The lowest BCUT2D eigenvalue weighted by Gasteiger charge is -2.26. The Morgan fingerprint density at radius 3 is 2.63 bits per heavy atom. The van der Waals surface area contributed by atoms with Crippen molar-refractivity contribution in [1.82, 2.24) is 10.2 Å². The second-order valence-electron chi connectivity index (χ2n) is 6.90. The van der Waals surface area contributed by atoms with Crippen molar-refractivity contribution < 1.29 is 9.53 Å². The third-order valence-electron chi connectivity index (χ3n) is 4.61. The third-order valence-corrected chi connectivity index (χ3v) is 5.62. The number of hydrogen-bond acceptors (Lipinski definition) is 4. The van der Waals surface area contributed by atoms with Crippen LogP contribution < -0.4 is 5.32 Å². The summed E-state index contributed by atoms with van der Waals surface area (Å²) in [5.74, 6) is 0.902. The lowest BCUT2D eigenvalue weighted by Crippen LogP contribution is -2.35. The highest BCUT2D eigenvalue weighted by Crippen LogP contribution is 2.19. The zero-order chi connectivity index (χ0) is 18.9. The minimum absolute atomic E-state index is 0.105. The molecule has 0 radical (unpaired) electrons. The molecule has 0 aromatic heterocycles. The van der Waals surface area contributed by atoms with Gasteiger partial charge in [0, 0.05) is 43.2 Å². The minimum Gasteiger partial charge on any atom is -0.379 e. The van der Waals surface area contributed by atoms with Gasteiger partial charge in [0.05, 0.1) is 13.2 Å². The molecule has 1 N–H and O–H groups in total. The van der Waals surface area contributed by atoms with E-state index in [0.717, 1.165) is 44.2 Å². The molecule has 0 saturated carbocycles. The van der Waals surface area contributed by atoms with Crippen molar-refractivity contribution in [3.8, 4) is 0 Å². The first-order valence-corrected chi connectivity index (χ1v) is 10.5. The lowest BCUT2D eigenvalue weighted by atomic mass is 10.1. The number of morpholine rings is 1. The molecule has 0 atom stereocenters. The van der Waals surface area contributed by atoms with E-state index < -0.39 is 0 Å². The Labute approximate surface area is 166 Å². The number of amides is 1. The van der Waals surface area contributed by atoms with E-state index in [4.69, 9.17) is 4.74 Å². The molecule has 144 valence electrons. The molecule has 2 aromatic carbocycles. The molecule has 1 heterocycles. The lowest BCUT2D eigenvalue weighted by molar-refractivity contribution is -0.120. The normalized spacial score (nSPS) is 14.9. The molecule has 1 fully saturated rings. The second-order valence-corrected chi connectivity index (χ2v) is 8.07. The Morgan fingerprint density at radius 1 is 1.11 bits per heavy atom. The number of rotatable bonds is 8. The molecule has 1 aliphatic rings. The van der Waals surface area contributed by atoms with Gasteiger partial charge < -0.3 is 10.1 Å². The van der Waals surface area contributed by atoms with E-state index in [1.54, 1.807) is 11.8 Å². The Morgan fingerprint density at radius 2 is 1.85 bits per heavy atom. The first-order chi connectivity index (χ1) is 13.2. The molecule has 1 amide bonds. The quantitative estimate of drug-likeness (QED) is 0.706. The van der Waals surface area contributed by atoms with E-state index in [0.29, 0.717) is 13.0 Å². The standard InChI is InChI=1S/C22H28N2O2S/c1-18-5-7-21(8-6-18)27-14-9-22(25)23-16-19-3-2-4-20(15-19)17-24-10-12-26-13-11-24/h2-8,15H,9-14,16-17H2,1H3,(H,23,25). The maximum Gasteiger partial charge on any atom is 0.221 e. The van der Waals surface area contributed by atoms with Crippen LogP contribution in [0.15, 0.2) is 53.4 Å². The van der Waals surface area contributed by atoms with Gasteiger partial charge in [-0.15, -0.1) is 11.8 Å². The fourth-order valence-electron chi connectivity index (χ4n) is 3.04. The van der Waals surface area contributed by atoms with Gasteiger partial charge in [-0.1, -0.05) is 42.0 Å². The van der Waals surface area contributed by atoms with Crippen LogP contribution in [0.3, 0.4) is 0 Å². The fraction of sp³-hybridized carbons (Fsp3) is 0.409. The van der Waals surface area contributed by atoms with Gasteiger partial charge in [-0.05, 0) is 30.2 Å². The van der Waals surface area contributed by atoms with Crippen LogP contribution in [-0.2, 0) is 22.6 Å². The van der Waals surface area contributed by atoms with Crippen LogP contribution in [0.1, 0.15) is 23.1 Å². The topological polar surface area (TPSA) is 41.6 Å². The van der Waals surface area contributed by atoms with Crippen molar-refractivity contribution in [1.29, 1.82) is 0 Å². The predicted molar refractivity (Wildman–Crippen MR) is 111 cm³/mol. The summed E-state index contributed by atoms with van der Waals surface area (Å²) < 4.78 is 5.40. The number of benzene rings is 2. The Hall–Kier alpha value is -1.82. The van der Waals surface area contributed by atoms with Crippen LogP contribution in [0.25, 0.3) is 0 Å². The first-order valence-electron chi connectivity index (χ1n) is 9.53. The zero-order valence-corrected chi connectivity index (χ0v) is 16.8. The molecule has 0 bridgehead atoms. The maximum atomic E-state index is 12.1. The molecule has 1 saturated heterocycles. The number of aryl methyl sites for hydroxylation is 1. The number of ether oxygens (including phenoxy) is 1. The summed E-state index contributed by atoms with van der Waals surface area (Å²) >= 11 is 1.72. The predicted octanol–water partition coefficient (Wildman–Crippen LogP) is 3.63. The summed E-state index contributed by atoms with van der Waals surface area (Å²) in [7, 11) is 0. The van der Waals surface area contributed by atoms with Crippen molar-refractivity contribution in [2.75, 3.05) is 32.1 Å². The molecule has 0 aliphatic carbocycles. The zero-order valence-electron chi connectivity index (χ0n) is 15.9. The van der Waals surface area contributed by atoms with E-state index in [-0.39, 0.29) is 5.91 Å². The summed E-state index contributed by atoms with van der Waals surface area (Å²) in [6, 6.07) is 16.9. The van der Waals surface area contributed by atoms with E-state index in [1.807, 2.05) is 0 Å². The van der Waals surface area contributed by atoms with Gasteiger partial charge in [-0.2, -0.15) is 0 Å².